The predicted octanol–water partition coefficient (Wildman–Crippen LogP) is 3.32. The van der Waals surface area contributed by atoms with E-state index in [4.69, 9.17) is 4.74 Å². The number of ketones is 1. The topological polar surface area (TPSA) is 87.7 Å². The van der Waals surface area contributed by atoms with Crippen molar-refractivity contribution >= 4 is 23.5 Å². The Kier molecular flexibility index (Phi) is 7.03. The molecule has 0 saturated carbocycles. The van der Waals surface area contributed by atoms with Crippen LogP contribution >= 0.6 is 0 Å². The molecule has 0 radical (unpaired) electrons. The Labute approximate surface area is 192 Å². The molecule has 2 aliphatic heterocycles. The number of hydrogen-bond acceptors (Lipinski definition) is 5. The van der Waals surface area contributed by atoms with Crippen molar-refractivity contribution in [3.63, 3.8) is 0 Å². The second-order valence-corrected chi connectivity index (χ2v) is 8.57. The first-order valence-electron chi connectivity index (χ1n) is 11.3. The summed E-state index contributed by atoms with van der Waals surface area (Å²) in [5, 5.41) is 5.96. The highest BCUT2D eigenvalue weighted by Crippen LogP contribution is 2.35. The van der Waals surface area contributed by atoms with Gasteiger partial charge in [-0.15, -0.1) is 0 Å². The van der Waals surface area contributed by atoms with E-state index < -0.39 is 12.2 Å². The summed E-state index contributed by atoms with van der Waals surface area (Å²) in [5.74, 6) is -0.708. The lowest BCUT2D eigenvalue weighted by Gasteiger charge is -2.21. The first kappa shape index (κ1) is 22.9. The fourth-order valence-corrected chi connectivity index (χ4v) is 4.32. The minimum absolute atomic E-state index is 0.00109. The van der Waals surface area contributed by atoms with Crippen molar-refractivity contribution in [3.05, 3.63) is 65.0 Å². The molecule has 174 valence electrons. The van der Waals surface area contributed by atoms with Crippen LogP contribution in [0.5, 0.6) is 0 Å². The molecule has 2 amide bonds. The van der Waals surface area contributed by atoms with Crippen LogP contribution in [-0.2, 0) is 9.53 Å². The molecule has 7 nitrogen and oxygen atoms in total. The van der Waals surface area contributed by atoms with E-state index in [9.17, 15) is 18.8 Å². The molecule has 33 heavy (non-hydrogen) atoms. The van der Waals surface area contributed by atoms with Gasteiger partial charge in [-0.1, -0.05) is 35.9 Å². The van der Waals surface area contributed by atoms with Gasteiger partial charge < -0.3 is 15.4 Å². The van der Waals surface area contributed by atoms with E-state index in [0.29, 0.717) is 23.4 Å². The quantitative estimate of drug-likeness (QED) is 0.599. The summed E-state index contributed by atoms with van der Waals surface area (Å²) in [6.07, 6.45) is -0.140. The number of cyclic esters (lactones) is 1. The zero-order chi connectivity index (χ0) is 23.4. The third kappa shape index (κ3) is 5.39. The Balaban J connectivity index is 1.30. The van der Waals surface area contributed by atoms with Crippen molar-refractivity contribution < 1.29 is 23.5 Å². The first-order valence-corrected chi connectivity index (χ1v) is 11.3. The minimum atomic E-state index is -0.554. The smallest absolute Gasteiger partial charge is 0.414 e. The fraction of sp³-hybridized carbons (Fsp3) is 0.400. The fourth-order valence-electron chi connectivity index (χ4n) is 4.32. The molecule has 8 heteroatoms. The van der Waals surface area contributed by atoms with Crippen LogP contribution in [0.2, 0.25) is 0 Å². The lowest BCUT2D eigenvalue weighted by Crippen LogP contribution is -2.35. The van der Waals surface area contributed by atoms with Crippen LogP contribution in [0.1, 0.15) is 46.7 Å². The molecule has 2 N–H and O–H groups in total. The lowest BCUT2D eigenvalue weighted by molar-refractivity contribution is -0.121. The lowest BCUT2D eigenvalue weighted by atomic mass is 9.95. The highest BCUT2D eigenvalue weighted by atomic mass is 19.1. The predicted molar refractivity (Wildman–Crippen MR) is 122 cm³/mol. The van der Waals surface area contributed by atoms with Gasteiger partial charge in [0.25, 0.3) is 0 Å². The molecule has 2 aromatic rings. The van der Waals surface area contributed by atoms with Crippen LogP contribution < -0.4 is 15.5 Å². The molecule has 2 aliphatic rings. The highest BCUT2D eigenvalue weighted by Gasteiger charge is 2.36. The number of nitrogens with one attached hydrogen (secondary N) is 2. The largest absolute Gasteiger partial charge is 0.442 e. The summed E-state index contributed by atoms with van der Waals surface area (Å²) in [6, 6.07) is 12.0. The van der Waals surface area contributed by atoms with Gasteiger partial charge >= 0.3 is 6.09 Å². The van der Waals surface area contributed by atoms with Crippen molar-refractivity contribution in [1.29, 1.82) is 0 Å². The van der Waals surface area contributed by atoms with E-state index in [0.717, 1.165) is 18.5 Å². The van der Waals surface area contributed by atoms with Gasteiger partial charge in [0.2, 0.25) is 5.91 Å². The molecule has 0 spiro atoms. The van der Waals surface area contributed by atoms with E-state index in [1.807, 2.05) is 19.1 Å². The summed E-state index contributed by atoms with van der Waals surface area (Å²) < 4.78 is 20.0. The molecule has 2 saturated heterocycles. The molecule has 1 unspecified atom stereocenters. The van der Waals surface area contributed by atoms with Crippen LogP contribution in [0.25, 0.3) is 0 Å². The van der Waals surface area contributed by atoms with E-state index in [1.54, 1.807) is 24.3 Å². The van der Waals surface area contributed by atoms with Crippen molar-refractivity contribution in [2.75, 3.05) is 31.1 Å². The van der Waals surface area contributed by atoms with Gasteiger partial charge in [0.05, 0.1) is 18.8 Å². The standard InChI is InChI=1S/C25H28FN3O4/c1-16-5-7-17(8-6-16)22(30)9-10-23(31)28-14-19-15-29(25(32)33-19)21-4-2-3-20(26)24(21)18-11-12-27-13-18/h2-8,18-19,27H,9-15H2,1H3,(H,28,31)/t18?,19-/m0/s1. The number of aryl methyl sites for hydroxylation is 1. The number of carbonyl (C=O) groups excluding carboxylic acids is 3. The molecular formula is C25H28FN3O4. The summed E-state index contributed by atoms with van der Waals surface area (Å²) in [6.45, 7) is 3.77. The molecule has 2 fully saturated rings. The number of nitrogens with zero attached hydrogens (tertiary/aromatic N) is 1. The van der Waals surface area contributed by atoms with Gasteiger partial charge in [0.15, 0.2) is 5.78 Å². The van der Waals surface area contributed by atoms with Crippen LogP contribution in [-0.4, -0.2) is 50.1 Å². The zero-order valence-electron chi connectivity index (χ0n) is 18.6. The number of Topliss-reactive ketones (excluding diaryl/α,β-unsaturated/α-hetero) is 1. The summed E-state index contributed by atoms with van der Waals surface area (Å²) in [7, 11) is 0. The average molecular weight is 454 g/mol. The van der Waals surface area contributed by atoms with Crippen LogP contribution in [0.3, 0.4) is 0 Å². The van der Waals surface area contributed by atoms with Gasteiger partial charge in [-0.3, -0.25) is 14.5 Å². The molecule has 0 bridgehead atoms. The van der Waals surface area contributed by atoms with Crippen molar-refractivity contribution in [1.82, 2.24) is 10.6 Å². The molecule has 2 heterocycles. The zero-order valence-corrected chi connectivity index (χ0v) is 18.6. The number of hydrogen-bond donors (Lipinski definition) is 2. The minimum Gasteiger partial charge on any atom is -0.442 e. The average Bonchev–Trinajstić information content (AvgIpc) is 3.46. The maximum Gasteiger partial charge on any atom is 0.414 e. The number of rotatable bonds is 8. The van der Waals surface area contributed by atoms with Gasteiger partial charge in [0, 0.05) is 36.4 Å². The SMILES string of the molecule is Cc1ccc(C(=O)CCC(=O)NC[C@H]2CN(c3cccc(F)c3C3CCNC3)C(=O)O2)cc1. The summed E-state index contributed by atoms with van der Waals surface area (Å²) in [5.41, 5.74) is 2.69. The van der Waals surface area contributed by atoms with E-state index >= 15 is 0 Å². The highest BCUT2D eigenvalue weighted by molar-refractivity contribution is 5.98. The van der Waals surface area contributed by atoms with Crippen molar-refractivity contribution in [2.45, 2.75) is 38.2 Å². The van der Waals surface area contributed by atoms with Crippen molar-refractivity contribution in [3.8, 4) is 0 Å². The van der Waals surface area contributed by atoms with Crippen LogP contribution in [0, 0.1) is 12.7 Å². The number of ether oxygens (including phenoxy) is 1. The number of anilines is 1. The number of amides is 2. The Hall–Kier alpha value is -3.26. The Morgan fingerprint density at radius 1 is 1.18 bits per heavy atom. The summed E-state index contributed by atoms with van der Waals surface area (Å²) in [4.78, 5) is 38.4. The second-order valence-electron chi connectivity index (χ2n) is 8.57. The maximum atomic E-state index is 14.6. The third-order valence-corrected chi connectivity index (χ3v) is 6.14. The molecule has 2 atom stereocenters. The Bertz CT molecular complexity index is 1030. The first-order chi connectivity index (χ1) is 15.9. The van der Waals surface area contributed by atoms with Gasteiger partial charge in [-0.25, -0.2) is 9.18 Å². The molecular weight excluding hydrogens is 425 g/mol. The van der Waals surface area contributed by atoms with Crippen LogP contribution in [0.4, 0.5) is 14.9 Å². The van der Waals surface area contributed by atoms with Gasteiger partial charge in [-0.2, -0.15) is 0 Å². The van der Waals surface area contributed by atoms with E-state index in [2.05, 4.69) is 10.6 Å². The van der Waals surface area contributed by atoms with E-state index in [-0.39, 0.29) is 49.4 Å². The summed E-state index contributed by atoms with van der Waals surface area (Å²) >= 11 is 0. The maximum absolute atomic E-state index is 14.6. The normalized spacial score (nSPS) is 20.1. The number of benzene rings is 2. The van der Waals surface area contributed by atoms with Crippen molar-refractivity contribution in [2.24, 2.45) is 0 Å². The Morgan fingerprint density at radius 3 is 2.70 bits per heavy atom. The van der Waals surface area contributed by atoms with Crippen LogP contribution in [0.15, 0.2) is 42.5 Å². The Morgan fingerprint density at radius 2 is 1.97 bits per heavy atom. The molecule has 0 aliphatic carbocycles. The molecule has 4 rings (SSSR count). The van der Waals surface area contributed by atoms with E-state index in [1.165, 1.54) is 11.0 Å². The molecule has 0 aromatic heterocycles. The number of carbonyl (C=O) groups is 3. The number of halogens is 1. The second kappa shape index (κ2) is 10.1. The third-order valence-electron chi connectivity index (χ3n) is 6.14. The molecule has 2 aromatic carbocycles. The van der Waals surface area contributed by atoms with Gasteiger partial charge in [0.1, 0.15) is 11.9 Å². The monoisotopic (exact) mass is 453 g/mol. The van der Waals surface area contributed by atoms with Gasteiger partial charge in [-0.05, 0) is 32.0 Å².